The van der Waals surface area contributed by atoms with Gasteiger partial charge in [-0.1, -0.05) is 18.2 Å². The molecule has 0 radical (unpaired) electrons. The number of amides is 1. The Morgan fingerprint density at radius 2 is 1.77 bits per heavy atom. The van der Waals surface area contributed by atoms with Gasteiger partial charge in [0.05, 0.1) is 6.54 Å². The summed E-state index contributed by atoms with van der Waals surface area (Å²) >= 11 is 3.10. The van der Waals surface area contributed by atoms with E-state index in [9.17, 15) is 13.6 Å². The summed E-state index contributed by atoms with van der Waals surface area (Å²) in [5.74, 6) is -1.26. The number of carbonyl (C=O) groups is 1. The summed E-state index contributed by atoms with van der Waals surface area (Å²) in [6, 6.07) is 11.8. The van der Waals surface area contributed by atoms with Crippen LogP contribution in [0, 0.1) is 0 Å². The number of rotatable bonds is 4. The van der Waals surface area contributed by atoms with Gasteiger partial charge in [0, 0.05) is 54.8 Å². The first-order valence-electron chi connectivity index (χ1n) is 11.4. The molecule has 2 aliphatic heterocycles. The highest BCUT2D eigenvalue weighted by Crippen LogP contribution is 2.34. The summed E-state index contributed by atoms with van der Waals surface area (Å²) in [4.78, 5) is 22.6. The quantitative estimate of drug-likeness (QED) is 0.384. The van der Waals surface area contributed by atoms with Gasteiger partial charge in [-0.2, -0.15) is 0 Å². The highest BCUT2D eigenvalue weighted by atomic mass is 32.1. The smallest absolute Gasteiger partial charge is 0.254 e. The van der Waals surface area contributed by atoms with Gasteiger partial charge in [0.15, 0.2) is 16.8 Å². The summed E-state index contributed by atoms with van der Waals surface area (Å²) in [5, 5.41) is 13.3. The molecular weight excluding hydrogens is 490 g/mol. The Morgan fingerprint density at radius 1 is 0.971 bits per heavy atom. The average Bonchev–Trinajstić information content (AvgIpc) is 3.64. The number of anilines is 1. The normalized spacial score (nSPS) is 17.4. The van der Waals surface area contributed by atoms with Crippen LogP contribution < -0.4 is 4.90 Å². The maximum atomic E-state index is 13.5. The maximum absolute atomic E-state index is 13.5. The molecule has 5 heterocycles. The average molecular weight is 513 g/mol. The SMILES string of the molecule is O=C(c1ccc(-c2cccs2)cc1)N1CCn2c(nnc2-c2csc(N3CCC(F)(F)CC3)n2)C1. The molecule has 1 saturated heterocycles. The van der Waals surface area contributed by atoms with Crippen molar-refractivity contribution in [2.45, 2.75) is 31.9 Å². The predicted molar refractivity (Wildman–Crippen MR) is 132 cm³/mol. The maximum Gasteiger partial charge on any atom is 0.254 e. The van der Waals surface area contributed by atoms with E-state index in [0.717, 1.165) is 10.7 Å². The Kier molecular flexibility index (Phi) is 5.60. The number of nitrogens with zero attached hydrogens (tertiary/aromatic N) is 6. The van der Waals surface area contributed by atoms with Crippen LogP contribution in [0.1, 0.15) is 29.0 Å². The van der Waals surface area contributed by atoms with Crippen molar-refractivity contribution in [2.24, 2.45) is 0 Å². The molecule has 0 N–H and O–H groups in total. The number of alkyl halides is 2. The zero-order valence-corrected chi connectivity index (χ0v) is 20.4. The van der Waals surface area contributed by atoms with Gasteiger partial charge in [0.1, 0.15) is 5.69 Å². The third-order valence-corrected chi connectivity index (χ3v) is 8.28. The number of thiazole rings is 1. The molecule has 1 amide bonds. The largest absolute Gasteiger partial charge is 0.348 e. The number of halogens is 2. The Labute approximate surface area is 208 Å². The third-order valence-electron chi connectivity index (χ3n) is 6.46. The van der Waals surface area contributed by atoms with Crippen molar-refractivity contribution in [2.75, 3.05) is 24.5 Å². The number of piperidine rings is 1. The Bertz CT molecular complexity index is 1340. The Hall–Kier alpha value is -3.18. The second-order valence-electron chi connectivity index (χ2n) is 8.73. The first-order chi connectivity index (χ1) is 17.0. The molecule has 0 bridgehead atoms. The zero-order valence-electron chi connectivity index (χ0n) is 18.7. The molecular formula is C24H22F2N6OS2. The summed E-state index contributed by atoms with van der Waals surface area (Å²) in [7, 11) is 0. The fourth-order valence-electron chi connectivity index (χ4n) is 4.46. The van der Waals surface area contributed by atoms with Crippen LogP contribution in [0.25, 0.3) is 22.0 Å². The predicted octanol–water partition coefficient (Wildman–Crippen LogP) is 5.02. The lowest BCUT2D eigenvalue weighted by atomic mass is 10.1. The van der Waals surface area contributed by atoms with Crippen molar-refractivity contribution in [3.8, 4) is 22.0 Å². The van der Waals surface area contributed by atoms with E-state index in [1.807, 2.05) is 50.6 Å². The van der Waals surface area contributed by atoms with Crippen molar-refractivity contribution in [1.82, 2.24) is 24.6 Å². The molecule has 180 valence electrons. The number of thiophene rings is 1. The Morgan fingerprint density at radius 3 is 2.51 bits per heavy atom. The molecule has 7 nitrogen and oxygen atoms in total. The number of benzene rings is 1. The van der Waals surface area contributed by atoms with Crippen LogP contribution >= 0.6 is 22.7 Å². The molecule has 11 heteroatoms. The van der Waals surface area contributed by atoms with Gasteiger partial charge in [-0.15, -0.1) is 32.9 Å². The number of carbonyl (C=O) groups excluding carboxylic acids is 1. The minimum atomic E-state index is -2.59. The monoisotopic (exact) mass is 512 g/mol. The van der Waals surface area contributed by atoms with Crippen LogP contribution in [0.5, 0.6) is 0 Å². The van der Waals surface area contributed by atoms with Crippen molar-refractivity contribution in [3.05, 3.63) is 58.5 Å². The lowest BCUT2D eigenvalue weighted by Gasteiger charge is -2.31. The van der Waals surface area contributed by atoms with Crippen LogP contribution in [0.4, 0.5) is 13.9 Å². The summed E-state index contributed by atoms with van der Waals surface area (Å²) in [6.45, 7) is 2.07. The van der Waals surface area contributed by atoms with Crippen LogP contribution in [0.3, 0.4) is 0 Å². The summed E-state index contributed by atoms with van der Waals surface area (Å²) in [5.41, 5.74) is 2.43. The molecule has 3 aromatic heterocycles. The molecule has 1 aromatic carbocycles. The van der Waals surface area contributed by atoms with Gasteiger partial charge < -0.3 is 14.4 Å². The number of fused-ring (bicyclic) bond motifs is 1. The molecule has 0 unspecified atom stereocenters. The third kappa shape index (κ3) is 4.34. The van der Waals surface area contributed by atoms with E-state index in [2.05, 4.69) is 21.2 Å². The molecule has 0 aliphatic carbocycles. The van der Waals surface area contributed by atoms with E-state index in [0.29, 0.717) is 55.6 Å². The standard InChI is InChI=1S/C24H22F2N6OS2/c25-24(26)7-9-30(10-8-24)23-27-18(15-35-23)21-29-28-20-14-31(11-12-32(20)21)22(33)17-5-3-16(4-6-17)19-2-1-13-34-19/h1-6,13,15H,7-12,14H2. The lowest BCUT2D eigenvalue weighted by molar-refractivity contribution is -0.0220. The highest BCUT2D eigenvalue weighted by Gasteiger charge is 2.35. The van der Waals surface area contributed by atoms with Crippen molar-refractivity contribution < 1.29 is 13.6 Å². The second-order valence-corrected chi connectivity index (χ2v) is 10.5. The fourth-order valence-corrected chi connectivity index (χ4v) is 6.05. The summed E-state index contributed by atoms with van der Waals surface area (Å²) < 4.78 is 29.0. The molecule has 0 saturated carbocycles. The van der Waals surface area contributed by atoms with Crippen molar-refractivity contribution in [3.63, 3.8) is 0 Å². The van der Waals surface area contributed by atoms with Gasteiger partial charge >= 0.3 is 0 Å². The number of hydrogen-bond acceptors (Lipinski definition) is 7. The van der Waals surface area contributed by atoms with Crippen LogP contribution in [0.2, 0.25) is 0 Å². The van der Waals surface area contributed by atoms with Crippen molar-refractivity contribution in [1.29, 1.82) is 0 Å². The minimum absolute atomic E-state index is 0.0311. The van der Waals surface area contributed by atoms with E-state index in [1.165, 1.54) is 16.2 Å². The van der Waals surface area contributed by atoms with E-state index < -0.39 is 5.92 Å². The molecule has 2 aliphatic rings. The first kappa shape index (κ1) is 22.3. The fraction of sp³-hybridized carbons (Fsp3) is 0.333. The molecule has 6 rings (SSSR count). The van der Waals surface area contributed by atoms with Gasteiger partial charge in [-0.3, -0.25) is 4.79 Å². The molecule has 0 spiro atoms. The van der Waals surface area contributed by atoms with E-state index in [1.54, 1.807) is 16.2 Å². The van der Waals surface area contributed by atoms with E-state index in [-0.39, 0.29) is 18.7 Å². The second kappa shape index (κ2) is 8.80. The Balaban J connectivity index is 1.15. The van der Waals surface area contributed by atoms with Gasteiger partial charge in [0.25, 0.3) is 11.8 Å². The van der Waals surface area contributed by atoms with E-state index >= 15 is 0 Å². The van der Waals surface area contributed by atoms with Crippen LogP contribution in [0.15, 0.2) is 47.2 Å². The molecule has 0 atom stereocenters. The molecule has 4 aromatic rings. The molecule has 1 fully saturated rings. The number of aromatic nitrogens is 4. The number of hydrogen-bond donors (Lipinski definition) is 0. The highest BCUT2D eigenvalue weighted by molar-refractivity contribution is 7.14. The topological polar surface area (TPSA) is 67.2 Å². The summed E-state index contributed by atoms with van der Waals surface area (Å²) in [6.07, 6.45) is -0.300. The zero-order chi connectivity index (χ0) is 24.0. The molecule has 35 heavy (non-hydrogen) atoms. The van der Waals surface area contributed by atoms with Crippen LogP contribution in [-0.4, -0.2) is 56.1 Å². The van der Waals surface area contributed by atoms with Gasteiger partial charge in [0.2, 0.25) is 0 Å². The first-order valence-corrected chi connectivity index (χ1v) is 13.2. The van der Waals surface area contributed by atoms with Gasteiger partial charge in [-0.25, -0.2) is 13.8 Å². The van der Waals surface area contributed by atoms with E-state index in [4.69, 9.17) is 0 Å². The van der Waals surface area contributed by atoms with Gasteiger partial charge in [-0.05, 0) is 29.1 Å². The minimum Gasteiger partial charge on any atom is -0.348 e. The lowest BCUT2D eigenvalue weighted by Crippen LogP contribution is -2.39. The van der Waals surface area contributed by atoms with Crippen LogP contribution in [-0.2, 0) is 13.1 Å². The van der Waals surface area contributed by atoms with Crippen molar-refractivity contribution >= 4 is 33.7 Å².